The Hall–Kier alpha value is -1.73. The molecule has 17 heavy (non-hydrogen) atoms. The van der Waals surface area contributed by atoms with Gasteiger partial charge in [-0.1, -0.05) is 6.92 Å². The van der Waals surface area contributed by atoms with Gasteiger partial charge < -0.3 is 4.74 Å². The molecule has 1 aromatic heterocycles. The fourth-order valence-corrected chi connectivity index (χ4v) is 2.29. The Kier molecular flexibility index (Phi) is 3.50. The fraction of sp³-hybridized carbons (Fsp3) is 0.231. The number of methoxy groups -OCH3 is 1. The molecule has 0 unspecified atom stereocenters. The van der Waals surface area contributed by atoms with Crippen molar-refractivity contribution in [1.29, 1.82) is 5.26 Å². The number of fused-ring (bicyclic) bond motifs is 1. The van der Waals surface area contributed by atoms with Gasteiger partial charge in [0.15, 0.2) is 0 Å². The van der Waals surface area contributed by atoms with E-state index in [-0.39, 0.29) is 0 Å². The molecule has 0 amide bonds. The Morgan fingerprint density at radius 2 is 2.24 bits per heavy atom. The monoisotopic (exact) mass is 244 g/mol. The van der Waals surface area contributed by atoms with E-state index in [0.29, 0.717) is 5.56 Å². The highest BCUT2D eigenvalue weighted by Crippen LogP contribution is 2.26. The Labute approximate surface area is 104 Å². The highest BCUT2D eigenvalue weighted by Gasteiger charge is 2.07. The van der Waals surface area contributed by atoms with E-state index in [2.05, 4.69) is 11.1 Å². The Balaban J connectivity index is 2.61. The summed E-state index contributed by atoms with van der Waals surface area (Å²) in [5.74, 6) is 1.68. The van der Waals surface area contributed by atoms with Crippen LogP contribution in [0.2, 0.25) is 0 Å². The summed E-state index contributed by atoms with van der Waals surface area (Å²) in [7, 11) is 1.63. The summed E-state index contributed by atoms with van der Waals surface area (Å²) >= 11 is 1.59. The van der Waals surface area contributed by atoms with Gasteiger partial charge in [-0.15, -0.1) is 11.8 Å². The predicted octanol–water partition coefficient (Wildman–Crippen LogP) is 3.23. The maximum absolute atomic E-state index is 9.10. The average molecular weight is 244 g/mol. The van der Waals surface area contributed by atoms with Crippen LogP contribution < -0.4 is 4.74 Å². The van der Waals surface area contributed by atoms with E-state index in [1.807, 2.05) is 31.2 Å². The molecule has 86 valence electrons. The van der Waals surface area contributed by atoms with Crippen LogP contribution in [0.15, 0.2) is 29.3 Å². The molecule has 0 aliphatic carbocycles. The van der Waals surface area contributed by atoms with Gasteiger partial charge in [0, 0.05) is 5.39 Å². The number of hydrogen-bond acceptors (Lipinski definition) is 4. The van der Waals surface area contributed by atoms with E-state index in [0.717, 1.165) is 27.4 Å². The molecule has 1 heterocycles. The van der Waals surface area contributed by atoms with E-state index >= 15 is 0 Å². The molecule has 0 radical (unpaired) electrons. The van der Waals surface area contributed by atoms with Gasteiger partial charge in [0.2, 0.25) is 0 Å². The quantitative estimate of drug-likeness (QED) is 0.778. The summed E-state index contributed by atoms with van der Waals surface area (Å²) in [4.78, 5) is 4.50. The van der Waals surface area contributed by atoms with Crippen molar-refractivity contribution in [3.63, 3.8) is 0 Å². The van der Waals surface area contributed by atoms with Gasteiger partial charge in [-0.2, -0.15) is 5.26 Å². The van der Waals surface area contributed by atoms with E-state index in [1.54, 1.807) is 18.9 Å². The number of ether oxygens (including phenoxy) is 1. The van der Waals surface area contributed by atoms with E-state index in [4.69, 9.17) is 10.00 Å². The van der Waals surface area contributed by atoms with Crippen LogP contribution in [0.5, 0.6) is 5.75 Å². The van der Waals surface area contributed by atoms with Gasteiger partial charge in [0.05, 0.1) is 18.2 Å². The molecule has 3 nitrogen and oxygen atoms in total. The first-order valence-electron chi connectivity index (χ1n) is 5.30. The molecule has 0 atom stereocenters. The molecule has 0 spiro atoms. The van der Waals surface area contributed by atoms with Crippen molar-refractivity contribution in [2.45, 2.75) is 11.9 Å². The fourth-order valence-electron chi connectivity index (χ4n) is 1.59. The van der Waals surface area contributed by atoms with Crippen molar-refractivity contribution >= 4 is 22.7 Å². The topological polar surface area (TPSA) is 45.9 Å². The van der Waals surface area contributed by atoms with E-state index in [1.165, 1.54) is 0 Å². The summed E-state index contributed by atoms with van der Waals surface area (Å²) < 4.78 is 5.16. The van der Waals surface area contributed by atoms with Gasteiger partial charge in [-0.25, -0.2) is 4.98 Å². The lowest BCUT2D eigenvalue weighted by atomic mass is 10.1. The highest BCUT2D eigenvalue weighted by atomic mass is 32.2. The van der Waals surface area contributed by atoms with Crippen molar-refractivity contribution in [3.8, 4) is 11.8 Å². The Bertz CT molecular complexity index is 590. The molecule has 0 saturated heterocycles. The first-order chi connectivity index (χ1) is 8.28. The van der Waals surface area contributed by atoms with Gasteiger partial charge in [-0.3, -0.25) is 0 Å². The SMILES string of the molecule is CCSc1nc2ccc(OC)cc2cc1C#N. The van der Waals surface area contributed by atoms with Crippen LogP contribution in [0.3, 0.4) is 0 Å². The Morgan fingerprint density at radius 3 is 2.88 bits per heavy atom. The first kappa shape index (κ1) is 11.7. The van der Waals surface area contributed by atoms with Gasteiger partial charge >= 0.3 is 0 Å². The van der Waals surface area contributed by atoms with Crippen LogP contribution in [0, 0.1) is 11.3 Å². The van der Waals surface area contributed by atoms with Gasteiger partial charge in [0.25, 0.3) is 0 Å². The minimum absolute atomic E-state index is 0.623. The normalized spacial score (nSPS) is 10.2. The van der Waals surface area contributed by atoms with Crippen molar-refractivity contribution < 1.29 is 4.74 Å². The molecular formula is C13H12N2OS. The number of benzene rings is 1. The molecule has 2 rings (SSSR count). The third kappa shape index (κ3) is 2.34. The molecule has 0 fully saturated rings. The third-order valence-electron chi connectivity index (χ3n) is 2.39. The number of thioether (sulfide) groups is 1. The summed E-state index contributed by atoms with van der Waals surface area (Å²) in [6, 6.07) is 9.73. The van der Waals surface area contributed by atoms with Crippen LogP contribution >= 0.6 is 11.8 Å². The third-order valence-corrected chi connectivity index (χ3v) is 3.26. The van der Waals surface area contributed by atoms with Gasteiger partial charge in [0.1, 0.15) is 16.8 Å². The van der Waals surface area contributed by atoms with Crippen molar-refractivity contribution in [2.75, 3.05) is 12.9 Å². The maximum atomic E-state index is 9.10. The molecule has 2 aromatic rings. The second-order valence-corrected chi connectivity index (χ2v) is 4.70. The molecular weight excluding hydrogens is 232 g/mol. The molecule has 0 aliphatic rings. The zero-order chi connectivity index (χ0) is 12.3. The molecule has 0 aliphatic heterocycles. The number of pyridine rings is 1. The minimum Gasteiger partial charge on any atom is -0.497 e. The van der Waals surface area contributed by atoms with E-state index in [9.17, 15) is 0 Å². The smallest absolute Gasteiger partial charge is 0.119 e. The lowest BCUT2D eigenvalue weighted by Gasteiger charge is -2.05. The summed E-state index contributed by atoms with van der Waals surface area (Å²) in [6.07, 6.45) is 0. The first-order valence-corrected chi connectivity index (χ1v) is 6.28. The van der Waals surface area contributed by atoms with Crippen molar-refractivity contribution in [1.82, 2.24) is 4.98 Å². The van der Waals surface area contributed by atoms with Crippen molar-refractivity contribution in [3.05, 3.63) is 29.8 Å². The molecule has 1 aromatic carbocycles. The van der Waals surface area contributed by atoms with Gasteiger partial charge in [-0.05, 0) is 30.0 Å². The van der Waals surface area contributed by atoms with Crippen LogP contribution in [0.1, 0.15) is 12.5 Å². The largest absolute Gasteiger partial charge is 0.497 e. The minimum atomic E-state index is 0.623. The second kappa shape index (κ2) is 5.07. The lowest BCUT2D eigenvalue weighted by Crippen LogP contribution is -1.90. The zero-order valence-corrected chi connectivity index (χ0v) is 10.5. The summed E-state index contributed by atoms with van der Waals surface area (Å²) in [6.45, 7) is 2.05. The van der Waals surface area contributed by atoms with Crippen LogP contribution in [-0.2, 0) is 0 Å². The predicted molar refractivity (Wildman–Crippen MR) is 69.4 cm³/mol. The van der Waals surface area contributed by atoms with Crippen molar-refractivity contribution in [2.24, 2.45) is 0 Å². The van der Waals surface area contributed by atoms with E-state index < -0.39 is 0 Å². The van der Waals surface area contributed by atoms with Crippen LogP contribution in [0.4, 0.5) is 0 Å². The summed E-state index contributed by atoms with van der Waals surface area (Å²) in [5, 5.41) is 10.8. The summed E-state index contributed by atoms with van der Waals surface area (Å²) in [5.41, 5.74) is 1.51. The maximum Gasteiger partial charge on any atom is 0.119 e. The Morgan fingerprint density at radius 1 is 1.41 bits per heavy atom. The highest BCUT2D eigenvalue weighted by molar-refractivity contribution is 7.99. The molecule has 0 N–H and O–H groups in total. The van der Waals surface area contributed by atoms with Crippen LogP contribution in [0.25, 0.3) is 10.9 Å². The standard InChI is InChI=1S/C13H12N2OS/c1-3-17-13-10(8-14)6-9-7-11(16-2)4-5-12(9)15-13/h4-7H,3H2,1-2H3. The number of rotatable bonds is 3. The van der Waals surface area contributed by atoms with Crippen LogP contribution in [-0.4, -0.2) is 17.8 Å². The molecule has 0 bridgehead atoms. The number of hydrogen-bond donors (Lipinski definition) is 0. The zero-order valence-electron chi connectivity index (χ0n) is 9.73. The molecule has 4 heteroatoms. The second-order valence-electron chi connectivity index (χ2n) is 3.44. The number of aromatic nitrogens is 1. The number of nitriles is 1. The molecule has 0 saturated carbocycles. The average Bonchev–Trinajstić information content (AvgIpc) is 2.37. The number of nitrogens with zero attached hydrogens (tertiary/aromatic N) is 2. The lowest BCUT2D eigenvalue weighted by molar-refractivity contribution is 0.415.